The third-order valence-corrected chi connectivity index (χ3v) is 3.05. The summed E-state index contributed by atoms with van der Waals surface area (Å²) in [5.41, 5.74) is 1.14. The molecule has 0 bridgehead atoms. The monoisotopic (exact) mass is 266 g/mol. The van der Waals surface area contributed by atoms with E-state index in [4.69, 9.17) is 6.42 Å². The highest BCUT2D eigenvalue weighted by Crippen LogP contribution is 2.18. The van der Waals surface area contributed by atoms with Gasteiger partial charge in [-0.1, -0.05) is 34.1 Å². The standard InChI is InChI=1S/C13H15BrO/c1-2-3-4-8-12(15)10-11-7-5-6-9-13(11)14/h1,5-7,9,12,15H,3-4,8,10H2. The van der Waals surface area contributed by atoms with Gasteiger partial charge in [-0.25, -0.2) is 0 Å². The topological polar surface area (TPSA) is 20.2 Å². The molecule has 0 spiro atoms. The van der Waals surface area contributed by atoms with Crippen LogP contribution in [0, 0.1) is 12.3 Å². The SMILES string of the molecule is C#CCCCC(O)Cc1ccccc1Br. The Morgan fingerprint density at radius 1 is 1.40 bits per heavy atom. The number of benzene rings is 1. The Labute approximate surface area is 99.6 Å². The molecule has 1 unspecified atom stereocenters. The molecule has 1 aromatic carbocycles. The summed E-state index contributed by atoms with van der Waals surface area (Å²) in [6, 6.07) is 7.96. The molecule has 1 aromatic rings. The van der Waals surface area contributed by atoms with E-state index in [1.165, 1.54) is 0 Å². The van der Waals surface area contributed by atoms with Crippen LogP contribution in [0.25, 0.3) is 0 Å². The Kier molecular flexibility index (Phi) is 5.45. The van der Waals surface area contributed by atoms with Gasteiger partial charge >= 0.3 is 0 Å². The quantitative estimate of drug-likeness (QED) is 0.641. The molecule has 0 saturated carbocycles. The summed E-state index contributed by atoms with van der Waals surface area (Å²) in [4.78, 5) is 0. The van der Waals surface area contributed by atoms with Gasteiger partial charge < -0.3 is 5.11 Å². The molecule has 0 aliphatic carbocycles. The second-order valence-electron chi connectivity index (χ2n) is 3.55. The first-order valence-electron chi connectivity index (χ1n) is 5.09. The van der Waals surface area contributed by atoms with Crippen LogP contribution in [0.3, 0.4) is 0 Å². The Morgan fingerprint density at radius 3 is 2.80 bits per heavy atom. The summed E-state index contributed by atoms with van der Waals surface area (Å²) in [6.07, 6.45) is 7.95. The summed E-state index contributed by atoms with van der Waals surface area (Å²) in [6.45, 7) is 0. The molecule has 80 valence electrons. The molecule has 0 radical (unpaired) electrons. The van der Waals surface area contributed by atoms with E-state index in [1.54, 1.807) is 0 Å². The molecule has 0 aliphatic rings. The third-order valence-electron chi connectivity index (χ3n) is 2.27. The molecule has 1 nitrogen and oxygen atoms in total. The molecule has 1 rings (SSSR count). The molecule has 1 N–H and O–H groups in total. The fourth-order valence-corrected chi connectivity index (χ4v) is 1.91. The molecule has 0 saturated heterocycles. The van der Waals surface area contributed by atoms with Crippen molar-refractivity contribution in [2.24, 2.45) is 0 Å². The molecule has 0 aromatic heterocycles. The van der Waals surface area contributed by atoms with Crippen molar-refractivity contribution in [3.05, 3.63) is 34.3 Å². The van der Waals surface area contributed by atoms with Gasteiger partial charge in [0.05, 0.1) is 6.10 Å². The van der Waals surface area contributed by atoms with E-state index >= 15 is 0 Å². The summed E-state index contributed by atoms with van der Waals surface area (Å²) in [5, 5.41) is 9.76. The normalized spacial score (nSPS) is 12.1. The molecule has 15 heavy (non-hydrogen) atoms. The highest BCUT2D eigenvalue weighted by atomic mass is 79.9. The maximum atomic E-state index is 9.76. The Morgan fingerprint density at radius 2 is 2.13 bits per heavy atom. The van der Waals surface area contributed by atoms with Crippen LogP contribution in [0.2, 0.25) is 0 Å². The minimum absolute atomic E-state index is 0.294. The van der Waals surface area contributed by atoms with Crippen molar-refractivity contribution in [2.75, 3.05) is 0 Å². The first-order chi connectivity index (χ1) is 7.24. The van der Waals surface area contributed by atoms with Crippen LogP contribution in [0.1, 0.15) is 24.8 Å². The first-order valence-corrected chi connectivity index (χ1v) is 5.88. The number of hydrogen-bond acceptors (Lipinski definition) is 1. The lowest BCUT2D eigenvalue weighted by Gasteiger charge is -2.10. The summed E-state index contributed by atoms with van der Waals surface area (Å²) < 4.78 is 1.06. The average Bonchev–Trinajstić information content (AvgIpc) is 2.22. The van der Waals surface area contributed by atoms with Crippen molar-refractivity contribution >= 4 is 15.9 Å². The zero-order valence-corrected chi connectivity index (χ0v) is 10.2. The smallest absolute Gasteiger partial charge is 0.0581 e. The van der Waals surface area contributed by atoms with Crippen LogP contribution < -0.4 is 0 Å². The van der Waals surface area contributed by atoms with Crippen molar-refractivity contribution in [3.63, 3.8) is 0 Å². The van der Waals surface area contributed by atoms with E-state index in [2.05, 4.69) is 21.9 Å². The molecular weight excluding hydrogens is 252 g/mol. The van der Waals surface area contributed by atoms with Crippen LogP contribution in [0.15, 0.2) is 28.7 Å². The molecule has 2 heteroatoms. The molecule has 1 atom stereocenters. The van der Waals surface area contributed by atoms with E-state index in [0.29, 0.717) is 6.42 Å². The minimum atomic E-state index is -0.294. The highest BCUT2D eigenvalue weighted by molar-refractivity contribution is 9.10. The third kappa shape index (κ3) is 4.51. The van der Waals surface area contributed by atoms with Gasteiger partial charge in [-0.3, -0.25) is 0 Å². The van der Waals surface area contributed by atoms with Gasteiger partial charge in [-0.2, -0.15) is 0 Å². The van der Waals surface area contributed by atoms with Crippen LogP contribution in [0.5, 0.6) is 0 Å². The fraction of sp³-hybridized carbons (Fsp3) is 0.385. The van der Waals surface area contributed by atoms with E-state index in [-0.39, 0.29) is 6.10 Å². The first kappa shape index (κ1) is 12.3. The predicted molar refractivity (Wildman–Crippen MR) is 66.5 cm³/mol. The number of hydrogen-bond donors (Lipinski definition) is 1. The second kappa shape index (κ2) is 6.66. The van der Waals surface area contributed by atoms with Crippen molar-refractivity contribution < 1.29 is 5.11 Å². The van der Waals surface area contributed by atoms with E-state index in [0.717, 1.165) is 29.3 Å². The van der Waals surface area contributed by atoms with Gasteiger partial charge in [0.25, 0.3) is 0 Å². The second-order valence-corrected chi connectivity index (χ2v) is 4.40. The number of terminal acetylenes is 1. The van der Waals surface area contributed by atoms with Gasteiger partial charge in [0.2, 0.25) is 0 Å². The summed E-state index contributed by atoms with van der Waals surface area (Å²) >= 11 is 3.46. The maximum Gasteiger partial charge on any atom is 0.0581 e. The molecule has 0 heterocycles. The lowest BCUT2D eigenvalue weighted by Crippen LogP contribution is -2.10. The fourth-order valence-electron chi connectivity index (χ4n) is 1.46. The zero-order valence-electron chi connectivity index (χ0n) is 8.62. The van der Waals surface area contributed by atoms with Crippen LogP contribution in [-0.2, 0) is 6.42 Å². The lowest BCUT2D eigenvalue weighted by molar-refractivity contribution is 0.162. The highest BCUT2D eigenvalue weighted by Gasteiger charge is 2.07. The summed E-state index contributed by atoms with van der Waals surface area (Å²) in [5.74, 6) is 2.58. The van der Waals surface area contributed by atoms with Gasteiger partial charge in [0.1, 0.15) is 0 Å². The van der Waals surface area contributed by atoms with Crippen molar-refractivity contribution in [1.29, 1.82) is 0 Å². The van der Waals surface area contributed by atoms with Crippen molar-refractivity contribution in [2.45, 2.75) is 31.8 Å². The number of unbranched alkanes of at least 4 members (excludes halogenated alkanes) is 1. The van der Waals surface area contributed by atoms with Crippen molar-refractivity contribution in [1.82, 2.24) is 0 Å². The number of aliphatic hydroxyl groups excluding tert-OH is 1. The van der Waals surface area contributed by atoms with Gasteiger partial charge in [0, 0.05) is 10.9 Å². The maximum absolute atomic E-state index is 9.76. The van der Waals surface area contributed by atoms with Gasteiger partial charge in [-0.15, -0.1) is 12.3 Å². The number of rotatable bonds is 5. The van der Waals surface area contributed by atoms with E-state index in [9.17, 15) is 5.11 Å². The lowest BCUT2D eigenvalue weighted by atomic mass is 10.0. The van der Waals surface area contributed by atoms with Crippen LogP contribution in [0.4, 0.5) is 0 Å². The van der Waals surface area contributed by atoms with Crippen LogP contribution in [-0.4, -0.2) is 11.2 Å². The number of aliphatic hydroxyl groups is 1. The van der Waals surface area contributed by atoms with Crippen LogP contribution >= 0.6 is 15.9 Å². The Hall–Kier alpha value is -0.780. The average molecular weight is 267 g/mol. The summed E-state index contributed by atoms with van der Waals surface area (Å²) in [7, 11) is 0. The molecular formula is C13H15BrO. The van der Waals surface area contributed by atoms with Gasteiger partial charge in [0.15, 0.2) is 0 Å². The Bertz CT molecular complexity index is 341. The number of halogens is 1. The van der Waals surface area contributed by atoms with E-state index in [1.807, 2.05) is 24.3 Å². The van der Waals surface area contributed by atoms with Crippen molar-refractivity contribution in [3.8, 4) is 12.3 Å². The van der Waals surface area contributed by atoms with Gasteiger partial charge in [-0.05, 0) is 30.9 Å². The largest absolute Gasteiger partial charge is 0.393 e. The predicted octanol–water partition coefficient (Wildman–Crippen LogP) is 3.16. The zero-order chi connectivity index (χ0) is 11.1. The molecule has 0 aliphatic heterocycles. The molecule has 0 fully saturated rings. The minimum Gasteiger partial charge on any atom is -0.393 e. The molecule has 0 amide bonds. The van der Waals surface area contributed by atoms with E-state index < -0.39 is 0 Å². The Balaban J connectivity index is 2.41.